The van der Waals surface area contributed by atoms with Gasteiger partial charge in [-0.05, 0) is 54.8 Å². The number of carbonyl (C=O) groups is 2. The molecule has 3 aromatic rings. The lowest BCUT2D eigenvalue weighted by Gasteiger charge is -2.19. The summed E-state index contributed by atoms with van der Waals surface area (Å²) < 4.78 is 11.2. The van der Waals surface area contributed by atoms with Gasteiger partial charge in [0.05, 0.1) is 11.3 Å². The van der Waals surface area contributed by atoms with Gasteiger partial charge in [0.2, 0.25) is 0 Å². The number of anilines is 2. The Kier molecular flexibility index (Phi) is 4.90. The zero-order valence-electron chi connectivity index (χ0n) is 17.8. The van der Waals surface area contributed by atoms with Gasteiger partial charge in [0.15, 0.2) is 11.5 Å². The first-order chi connectivity index (χ1) is 15.5. The lowest BCUT2D eigenvalue weighted by Crippen LogP contribution is -2.32. The Morgan fingerprint density at radius 1 is 0.781 bits per heavy atom. The highest BCUT2D eigenvalue weighted by Gasteiger charge is 2.40. The maximum absolute atomic E-state index is 13.5. The molecular formula is C26H22N2O4. The normalized spacial score (nSPS) is 15.4. The molecule has 6 nitrogen and oxygen atoms in total. The number of nitrogens with zero attached hydrogens (tertiary/aromatic N) is 1. The van der Waals surface area contributed by atoms with E-state index in [2.05, 4.69) is 5.32 Å². The van der Waals surface area contributed by atoms with E-state index in [1.807, 2.05) is 56.3 Å². The summed E-state index contributed by atoms with van der Waals surface area (Å²) in [5.41, 5.74) is 4.55. The number of ether oxygens (including phenoxy) is 2. The van der Waals surface area contributed by atoms with E-state index < -0.39 is 5.91 Å². The number of hydrogen-bond acceptors (Lipinski definition) is 5. The van der Waals surface area contributed by atoms with Gasteiger partial charge in [-0.3, -0.25) is 9.59 Å². The van der Waals surface area contributed by atoms with Crippen molar-refractivity contribution in [1.82, 2.24) is 0 Å². The summed E-state index contributed by atoms with van der Waals surface area (Å²) in [5.74, 6) is 0.507. The van der Waals surface area contributed by atoms with Crippen molar-refractivity contribution in [3.8, 4) is 11.5 Å². The number of benzene rings is 3. The monoisotopic (exact) mass is 426 g/mol. The van der Waals surface area contributed by atoms with Crippen molar-refractivity contribution in [1.29, 1.82) is 0 Å². The average molecular weight is 426 g/mol. The van der Waals surface area contributed by atoms with Crippen LogP contribution < -0.4 is 19.7 Å². The van der Waals surface area contributed by atoms with Crippen LogP contribution in [0.3, 0.4) is 0 Å². The molecule has 0 bridgehead atoms. The third-order valence-electron chi connectivity index (χ3n) is 5.71. The van der Waals surface area contributed by atoms with Gasteiger partial charge >= 0.3 is 0 Å². The van der Waals surface area contributed by atoms with Crippen LogP contribution in [-0.4, -0.2) is 25.0 Å². The fourth-order valence-electron chi connectivity index (χ4n) is 3.88. The minimum Gasteiger partial charge on any atom is -0.486 e. The SMILES string of the molecule is Cc1ccc(N2C(=O)C(Nc3ccc4c(c3)OCCO4)=C(c3ccccc3)C2=O)cc1C. The van der Waals surface area contributed by atoms with Crippen LogP contribution in [0.5, 0.6) is 11.5 Å². The zero-order valence-corrected chi connectivity index (χ0v) is 17.8. The van der Waals surface area contributed by atoms with Gasteiger partial charge in [0.1, 0.15) is 18.9 Å². The molecule has 0 aromatic heterocycles. The molecule has 0 spiro atoms. The van der Waals surface area contributed by atoms with E-state index in [-0.39, 0.29) is 11.6 Å². The molecule has 0 aliphatic carbocycles. The minimum absolute atomic E-state index is 0.233. The van der Waals surface area contributed by atoms with E-state index in [1.54, 1.807) is 24.3 Å². The smallest absolute Gasteiger partial charge is 0.282 e. The standard InChI is InChI=1S/C26H22N2O4/c1-16-8-10-20(14-17(16)2)28-25(29)23(18-6-4-3-5-7-18)24(26(28)30)27-19-9-11-21-22(15-19)32-13-12-31-21/h3-11,14-15,27H,12-13H2,1-2H3. The molecule has 0 radical (unpaired) electrons. The Bertz CT molecular complexity index is 1260. The molecule has 2 aliphatic heterocycles. The molecule has 0 saturated carbocycles. The zero-order chi connectivity index (χ0) is 22.2. The molecule has 2 amide bonds. The summed E-state index contributed by atoms with van der Waals surface area (Å²) >= 11 is 0. The highest BCUT2D eigenvalue weighted by Crippen LogP contribution is 2.37. The van der Waals surface area contributed by atoms with Crippen LogP contribution in [0.25, 0.3) is 5.57 Å². The third-order valence-corrected chi connectivity index (χ3v) is 5.71. The third kappa shape index (κ3) is 3.39. The molecule has 2 heterocycles. The molecule has 0 atom stereocenters. The highest BCUT2D eigenvalue weighted by atomic mass is 16.6. The number of fused-ring (bicyclic) bond motifs is 1. The number of amides is 2. The summed E-state index contributed by atoms with van der Waals surface area (Å²) in [6.45, 7) is 4.92. The first-order valence-corrected chi connectivity index (χ1v) is 10.5. The molecule has 160 valence electrons. The summed E-state index contributed by atoms with van der Waals surface area (Å²) in [6, 6.07) is 20.2. The van der Waals surface area contributed by atoms with Crippen LogP contribution in [0, 0.1) is 13.8 Å². The number of rotatable bonds is 4. The maximum Gasteiger partial charge on any atom is 0.282 e. The predicted octanol–water partition coefficient (Wildman–Crippen LogP) is 4.47. The second-order valence-electron chi connectivity index (χ2n) is 7.81. The molecule has 6 heteroatoms. The van der Waals surface area contributed by atoms with Gasteiger partial charge < -0.3 is 14.8 Å². The Hall–Kier alpha value is -4.06. The second kappa shape index (κ2) is 7.89. The van der Waals surface area contributed by atoms with Crippen molar-refractivity contribution < 1.29 is 19.1 Å². The molecular weight excluding hydrogens is 404 g/mol. The lowest BCUT2D eigenvalue weighted by atomic mass is 10.0. The first kappa shape index (κ1) is 19.9. The summed E-state index contributed by atoms with van der Waals surface area (Å²) in [4.78, 5) is 28.3. The predicted molar refractivity (Wildman–Crippen MR) is 123 cm³/mol. The van der Waals surface area contributed by atoms with E-state index in [1.165, 1.54) is 4.90 Å². The Balaban J connectivity index is 1.58. The fraction of sp³-hybridized carbons (Fsp3) is 0.154. The van der Waals surface area contributed by atoms with Crippen molar-refractivity contribution in [3.05, 3.63) is 89.1 Å². The van der Waals surface area contributed by atoms with Gasteiger partial charge in [0, 0.05) is 11.8 Å². The number of aryl methyl sites for hydroxylation is 2. The van der Waals surface area contributed by atoms with Crippen LogP contribution >= 0.6 is 0 Å². The molecule has 2 aliphatic rings. The van der Waals surface area contributed by atoms with E-state index >= 15 is 0 Å². The van der Waals surface area contributed by atoms with Crippen molar-refractivity contribution in [2.45, 2.75) is 13.8 Å². The largest absolute Gasteiger partial charge is 0.486 e. The number of nitrogens with one attached hydrogen (secondary N) is 1. The maximum atomic E-state index is 13.5. The second-order valence-corrected chi connectivity index (χ2v) is 7.81. The minimum atomic E-state index is -0.396. The summed E-state index contributed by atoms with van der Waals surface area (Å²) in [5, 5.41) is 3.18. The Labute approximate surface area is 186 Å². The number of carbonyl (C=O) groups excluding carboxylic acids is 2. The molecule has 1 N–H and O–H groups in total. The van der Waals surface area contributed by atoms with E-state index in [9.17, 15) is 9.59 Å². The van der Waals surface area contributed by atoms with Crippen LogP contribution in [0.15, 0.2) is 72.4 Å². The molecule has 5 rings (SSSR count). The van der Waals surface area contributed by atoms with Crippen LogP contribution in [-0.2, 0) is 9.59 Å². The van der Waals surface area contributed by atoms with E-state index in [0.29, 0.717) is 47.2 Å². The molecule has 0 unspecified atom stereocenters. The fourth-order valence-corrected chi connectivity index (χ4v) is 3.88. The van der Waals surface area contributed by atoms with E-state index in [4.69, 9.17) is 9.47 Å². The highest BCUT2D eigenvalue weighted by molar-refractivity contribution is 6.46. The topological polar surface area (TPSA) is 67.9 Å². The molecule has 0 fully saturated rings. The van der Waals surface area contributed by atoms with Gasteiger partial charge in [-0.15, -0.1) is 0 Å². The average Bonchev–Trinajstić information content (AvgIpc) is 3.05. The van der Waals surface area contributed by atoms with Gasteiger partial charge in [-0.2, -0.15) is 0 Å². The van der Waals surface area contributed by atoms with Gasteiger partial charge in [-0.1, -0.05) is 36.4 Å². The number of imide groups is 1. The Morgan fingerprint density at radius 3 is 2.28 bits per heavy atom. The molecule has 3 aromatic carbocycles. The molecule has 0 saturated heterocycles. The van der Waals surface area contributed by atoms with Gasteiger partial charge in [0.25, 0.3) is 11.8 Å². The summed E-state index contributed by atoms with van der Waals surface area (Å²) in [6.07, 6.45) is 0. The molecule has 32 heavy (non-hydrogen) atoms. The van der Waals surface area contributed by atoms with Crippen LogP contribution in [0.4, 0.5) is 11.4 Å². The van der Waals surface area contributed by atoms with E-state index in [0.717, 1.165) is 11.1 Å². The van der Waals surface area contributed by atoms with Crippen molar-refractivity contribution in [2.75, 3.05) is 23.4 Å². The van der Waals surface area contributed by atoms with Crippen LogP contribution in [0.1, 0.15) is 16.7 Å². The Morgan fingerprint density at radius 2 is 1.53 bits per heavy atom. The van der Waals surface area contributed by atoms with Crippen molar-refractivity contribution in [3.63, 3.8) is 0 Å². The lowest BCUT2D eigenvalue weighted by molar-refractivity contribution is -0.120. The van der Waals surface area contributed by atoms with Crippen LogP contribution in [0.2, 0.25) is 0 Å². The first-order valence-electron chi connectivity index (χ1n) is 10.5. The summed E-state index contributed by atoms with van der Waals surface area (Å²) in [7, 11) is 0. The quantitative estimate of drug-likeness (QED) is 0.624. The number of hydrogen-bond donors (Lipinski definition) is 1. The van der Waals surface area contributed by atoms with Gasteiger partial charge in [-0.25, -0.2) is 4.90 Å². The van der Waals surface area contributed by atoms with Crippen molar-refractivity contribution >= 4 is 28.8 Å². The van der Waals surface area contributed by atoms with Crippen molar-refractivity contribution in [2.24, 2.45) is 0 Å².